The van der Waals surface area contributed by atoms with Crippen LogP contribution in [0.3, 0.4) is 0 Å². The number of piperazine rings is 1. The van der Waals surface area contributed by atoms with Gasteiger partial charge in [0.1, 0.15) is 6.04 Å². The molecule has 0 bridgehead atoms. The molecule has 5 heteroatoms. The molecule has 104 valence electrons. The molecule has 0 saturated carbocycles. The van der Waals surface area contributed by atoms with Gasteiger partial charge >= 0.3 is 5.97 Å². The van der Waals surface area contributed by atoms with Gasteiger partial charge in [-0.05, 0) is 31.2 Å². The molecule has 3 N–H and O–H groups in total. The van der Waals surface area contributed by atoms with Crippen molar-refractivity contribution >= 4 is 11.7 Å². The predicted octanol–water partition coefficient (Wildman–Crippen LogP) is 0.393. The van der Waals surface area contributed by atoms with Gasteiger partial charge in [0.05, 0.1) is 0 Å². The average molecular weight is 263 g/mol. The van der Waals surface area contributed by atoms with Gasteiger partial charge in [-0.2, -0.15) is 0 Å². The van der Waals surface area contributed by atoms with Crippen LogP contribution in [0.4, 0.5) is 5.69 Å². The monoisotopic (exact) mass is 263 g/mol. The second-order valence-electron chi connectivity index (χ2n) is 5.11. The molecule has 1 saturated heterocycles. The summed E-state index contributed by atoms with van der Waals surface area (Å²) in [7, 11) is 2.12. The van der Waals surface area contributed by atoms with Crippen LogP contribution in [0.25, 0.3) is 0 Å². The first-order valence-corrected chi connectivity index (χ1v) is 6.57. The molecular weight excluding hydrogens is 242 g/mol. The molecule has 19 heavy (non-hydrogen) atoms. The van der Waals surface area contributed by atoms with Crippen molar-refractivity contribution in [2.75, 3.05) is 38.1 Å². The first-order valence-electron chi connectivity index (χ1n) is 6.57. The van der Waals surface area contributed by atoms with Gasteiger partial charge in [0.15, 0.2) is 0 Å². The number of nitrogens with zero attached hydrogens (tertiary/aromatic N) is 2. The van der Waals surface area contributed by atoms with Crippen molar-refractivity contribution in [3.63, 3.8) is 0 Å². The lowest BCUT2D eigenvalue weighted by Crippen LogP contribution is -2.44. The predicted molar refractivity (Wildman–Crippen MR) is 75.5 cm³/mol. The van der Waals surface area contributed by atoms with E-state index in [9.17, 15) is 4.79 Å². The number of rotatable bonds is 4. The SMILES string of the molecule is CN1CCN(c2cccc(CC(N)C(=O)O)c2)CC1. The number of carbonyl (C=O) groups is 1. The lowest BCUT2D eigenvalue weighted by Gasteiger charge is -2.34. The molecular formula is C14H21N3O2. The molecule has 0 aliphatic carbocycles. The summed E-state index contributed by atoms with van der Waals surface area (Å²) in [5, 5.41) is 8.85. The standard InChI is InChI=1S/C14H21N3O2/c1-16-5-7-17(8-6-16)12-4-2-3-11(9-12)10-13(15)14(18)19/h2-4,9,13H,5-8,10,15H2,1H3,(H,18,19). The highest BCUT2D eigenvalue weighted by Crippen LogP contribution is 2.18. The Bertz CT molecular complexity index is 442. The first-order chi connectivity index (χ1) is 9.06. The Labute approximate surface area is 113 Å². The summed E-state index contributed by atoms with van der Waals surface area (Å²) < 4.78 is 0. The Kier molecular flexibility index (Phi) is 4.39. The van der Waals surface area contributed by atoms with E-state index >= 15 is 0 Å². The number of carboxylic acid groups (broad SMARTS) is 1. The van der Waals surface area contributed by atoms with Crippen LogP contribution in [0.5, 0.6) is 0 Å². The zero-order valence-corrected chi connectivity index (χ0v) is 11.2. The minimum Gasteiger partial charge on any atom is -0.480 e. The Morgan fingerprint density at radius 1 is 1.37 bits per heavy atom. The molecule has 1 unspecified atom stereocenters. The number of anilines is 1. The number of likely N-dealkylation sites (N-methyl/N-ethyl adjacent to an activating group) is 1. The van der Waals surface area contributed by atoms with Gasteiger partial charge in [-0.1, -0.05) is 12.1 Å². The second-order valence-corrected chi connectivity index (χ2v) is 5.11. The summed E-state index contributed by atoms with van der Waals surface area (Å²) in [6.45, 7) is 4.12. The molecule has 1 aromatic rings. The van der Waals surface area contributed by atoms with Gasteiger partial charge in [-0.3, -0.25) is 4.79 Å². The van der Waals surface area contributed by atoms with E-state index in [4.69, 9.17) is 10.8 Å². The Balaban J connectivity index is 2.04. The molecule has 1 fully saturated rings. The van der Waals surface area contributed by atoms with Crippen molar-refractivity contribution in [2.45, 2.75) is 12.5 Å². The zero-order valence-electron chi connectivity index (χ0n) is 11.2. The molecule has 1 aromatic carbocycles. The number of aliphatic carboxylic acids is 1. The average Bonchev–Trinajstić information content (AvgIpc) is 2.39. The summed E-state index contributed by atoms with van der Waals surface area (Å²) >= 11 is 0. The highest BCUT2D eigenvalue weighted by atomic mass is 16.4. The highest BCUT2D eigenvalue weighted by molar-refractivity contribution is 5.73. The molecule has 0 radical (unpaired) electrons. The third-order valence-corrected chi connectivity index (χ3v) is 3.55. The molecule has 1 aliphatic rings. The molecule has 1 heterocycles. The smallest absolute Gasteiger partial charge is 0.320 e. The van der Waals surface area contributed by atoms with E-state index in [2.05, 4.69) is 22.9 Å². The Hall–Kier alpha value is -1.59. The summed E-state index contributed by atoms with van der Waals surface area (Å²) in [6, 6.07) is 7.19. The van der Waals surface area contributed by atoms with E-state index in [-0.39, 0.29) is 0 Å². The molecule has 0 amide bonds. The first kappa shape index (κ1) is 13.8. The van der Waals surface area contributed by atoms with E-state index in [1.165, 1.54) is 0 Å². The quantitative estimate of drug-likeness (QED) is 0.822. The van der Waals surface area contributed by atoms with Crippen LogP contribution in [0.15, 0.2) is 24.3 Å². The molecule has 0 spiro atoms. The molecule has 1 aliphatic heterocycles. The summed E-state index contributed by atoms with van der Waals surface area (Å²) in [4.78, 5) is 15.4. The number of hydrogen-bond donors (Lipinski definition) is 2. The summed E-state index contributed by atoms with van der Waals surface area (Å²) in [5.74, 6) is -0.954. The van der Waals surface area contributed by atoms with E-state index in [1.54, 1.807) is 0 Å². The van der Waals surface area contributed by atoms with Gasteiger partial charge < -0.3 is 20.6 Å². The fraction of sp³-hybridized carbons (Fsp3) is 0.500. The third-order valence-electron chi connectivity index (χ3n) is 3.55. The highest BCUT2D eigenvalue weighted by Gasteiger charge is 2.16. The zero-order chi connectivity index (χ0) is 13.8. The number of benzene rings is 1. The van der Waals surface area contributed by atoms with Crippen LogP contribution in [0.1, 0.15) is 5.56 Å². The van der Waals surface area contributed by atoms with Crippen molar-refractivity contribution in [1.29, 1.82) is 0 Å². The van der Waals surface area contributed by atoms with Gasteiger partial charge in [0, 0.05) is 31.9 Å². The third kappa shape index (κ3) is 3.68. The van der Waals surface area contributed by atoms with Gasteiger partial charge in [0.25, 0.3) is 0 Å². The van der Waals surface area contributed by atoms with Crippen molar-refractivity contribution in [1.82, 2.24) is 4.90 Å². The molecule has 2 rings (SSSR count). The maximum Gasteiger partial charge on any atom is 0.320 e. The van der Waals surface area contributed by atoms with Crippen molar-refractivity contribution in [2.24, 2.45) is 5.73 Å². The van der Waals surface area contributed by atoms with Crippen LogP contribution in [-0.4, -0.2) is 55.2 Å². The van der Waals surface area contributed by atoms with Crippen LogP contribution in [0, 0.1) is 0 Å². The Morgan fingerprint density at radius 3 is 2.68 bits per heavy atom. The molecule has 5 nitrogen and oxygen atoms in total. The molecule has 1 atom stereocenters. The van der Waals surface area contributed by atoms with Crippen molar-refractivity contribution in [3.8, 4) is 0 Å². The maximum absolute atomic E-state index is 10.8. The van der Waals surface area contributed by atoms with E-state index in [1.807, 2.05) is 18.2 Å². The van der Waals surface area contributed by atoms with E-state index in [0.29, 0.717) is 6.42 Å². The van der Waals surface area contributed by atoms with Crippen LogP contribution >= 0.6 is 0 Å². The normalized spacial score (nSPS) is 18.3. The maximum atomic E-state index is 10.8. The van der Waals surface area contributed by atoms with Crippen LogP contribution in [-0.2, 0) is 11.2 Å². The van der Waals surface area contributed by atoms with Gasteiger partial charge in [0.2, 0.25) is 0 Å². The molecule has 0 aromatic heterocycles. The fourth-order valence-corrected chi connectivity index (χ4v) is 2.29. The fourth-order valence-electron chi connectivity index (χ4n) is 2.29. The van der Waals surface area contributed by atoms with Crippen molar-refractivity contribution < 1.29 is 9.90 Å². The number of carboxylic acids is 1. The van der Waals surface area contributed by atoms with Gasteiger partial charge in [-0.15, -0.1) is 0 Å². The van der Waals surface area contributed by atoms with E-state index in [0.717, 1.165) is 37.4 Å². The van der Waals surface area contributed by atoms with Crippen LogP contribution in [0.2, 0.25) is 0 Å². The minimum atomic E-state index is -0.954. The van der Waals surface area contributed by atoms with E-state index < -0.39 is 12.0 Å². The summed E-state index contributed by atoms with van der Waals surface area (Å²) in [5.41, 5.74) is 7.71. The largest absolute Gasteiger partial charge is 0.480 e. The second kappa shape index (κ2) is 6.04. The lowest BCUT2D eigenvalue weighted by molar-refractivity contribution is -0.138. The van der Waals surface area contributed by atoms with Crippen LogP contribution < -0.4 is 10.6 Å². The minimum absolute atomic E-state index is 0.372. The van der Waals surface area contributed by atoms with Crippen molar-refractivity contribution in [3.05, 3.63) is 29.8 Å². The Morgan fingerprint density at radius 2 is 2.05 bits per heavy atom. The topological polar surface area (TPSA) is 69.8 Å². The number of nitrogens with two attached hydrogens (primary N) is 1. The summed E-state index contributed by atoms with van der Waals surface area (Å²) in [6.07, 6.45) is 0.372. The van der Waals surface area contributed by atoms with Gasteiger partial charge in [-0.25, -0.2) is 0 Å². The lowest BCUT2D eigenvalue weighted by atomic mass is 10.1. The number of hydrogen-bond acceptors (Lipinski definition) is 4.